The maximum Gasteiger partial charge on any atom is 0.129 e. The summed E-state index contributed by atoms with van der Waals surface area (Å²) >= 11 is 0. The Bertz CT molecular complexity index is 410. The minimum Gasteiger partial charge on any atom is -0.384 e. The number of hydrogen-bond acceptors (Lipinski definition) is 3. The average Bonchev–Trinajstić information content (AvgIpc) is 2.41. The monoisotopic (exact) mass is 246 g/mol. The van der Waals surface area contributed by atoms with E-state index in [1.54, 1.807) is 12.3 Å². The van der Waals surface area contributed by atoms with E-state index in [0.717, 1.165) is 17.9 Å². The summed E-state index contributed by atoms with van der Waals surface area (Å²) in [4.78, 5) is 6.79. The van der Waals surface area contributed by atoms with E-state index in [1.807, 2.05) is 6.07 Å². The number of nitrogens with zero attached hydrogens (tertiary/aromatic N) is 2. The standard InChI is InChI=1S/C14H22N4/c1-2-18(12-6-4-3-5-7-12)13-10-11(14(15)16)8-9-17-13/h8-10,12H,2-7H2,1H3,(H3,15,16). The highest BCUT2D eigenvalue weighted by Crippen LogP contribution is 2.26. The van der Waals surface area contributed by atoms with E-state index in [4.69, 9.17) is 11.1 Å². The highest BCUT2D eigenvalue weighted by atomic mass is 15.2. The first-order valence-corrected chi connectivity index (χ1v) is 6.79. The fourth-order valence-corrected chi connectivity index (χ4v) is 2.74. The highest BCUT2D eigenvalue weighted by Gasteiger charge is 2.21. The predicted molar refractivity (Wildman–Crippen MR) is 75.1 cm³/mol. The molecule has 4 nitrogen and oxygen atoms in total. The zero-order valence-electron chi connectivity index (χ0n) is 11.0. The van der Waals surface area contributed by atoms with Gasteiger partial charge in [-0.3, -0.25) is 5.41 Å². The largest absolute Gasteiger partial charge is 0.384 e. The van der Waals surface area contributed by atoms with E-state index < -0.39 is 0 Å². The number of hydrogen-bond donors (Lipinski definition) is 2. The average molecular weight is 246 g/mol. The van der Waals surface area contributed by atoms with Crippen molar-refractivity contribution in [2.75, 3.05) is 11.4 Å². The first kappa shape index (κ1) is 12.9. The molecular weight excluding hydrogens is 224 g/mol. The summed E-state index contributed by atoms with van der Waals surface area (Å²) in [5, 5.41) is 7.51. The summed E-state index contributed by atoms with van der Waals surface area (Å²) in [7, 11) is 0. The Morgan fingerprint density at radius 1 is 1.44 bits per heavy atom. The maximum atomic E-state index is 7.51. The van der Waals surface area contributed by atoms with Crippen LogP contribution >= 0.6 is 0 Å². The van der Waals surface area contributed by atoms with Crippen molar-refractivity contribution in [3.8, 4) is 0 Å². The molecule has 1 fully saturated rings. The molecule has 0 radical (unpaired) electrons. The van der Waals surface area contributed by atoms with Gasteiger partial charge in [0, 0.05) is 24.3 Å². The van der Waals surface area contributed by atoms with Crippen LogP contribution in [-0.2, 0) is 0 Å². The molecule has 0 spiro atoms. The molecule has 0 saturated heterocycles. The van der Waals surface area contributed by atoms with Gasteiger partial charge in [-0.05, 0) is 31.9 Å². The van der Waals surface area contributed by atoms with Crippen LogP contribution in [-0.4, -0.2) is 23.4 Å². The Morgan fingerprint density at radius 2 is 2.17 bits per heavy atom. The lowest BCUT2D eigenvalue weighted by molar-refractivity contribution is 0.416. The molecule has 0 aliphatic heterocycles. The second-order valence-electron chi connectivity index (χ2n) is 4.89. The third kappa shape index (κ3) is 2.81. The molecule has 0 aromatic carbocycles. The van der Waals surface area contributed by atoms with Crippen LogP contribution in [0.4, 0.5) is 5.82 Å². The van der Waals surface area contributed by atoms with Crippen molar-refractivity contribution in [2.24, 2.45) is 5.73 Å². The van der Waals surface area contributed by atoms with Gasteiger partial charge < -0.3 is 10.6 Å². The van der Waals surface area contributed by atoms with Crippen molar-refractivity contribution in [3.63, 3.8) is 0 Å². The molecule has 3 N–H and O–H groups in total. The third-order valence-corrected chi connectivity index (χ3v) is 3.71. The van der Waals surface area contributed by atoms with Crippen LogP contribution in [0.5, 0.6) is 0 Å². The van der Waals surface area contributed by atoms with Crippen molar-refractivity contribution < 1.29 is 0 Å². The lowest BCUT2D eigenvalue weighted by Crippen LogP contribution is -2.37. The van der Waals surface area contributed by atoms with Crippen LogP contribution in [0.1, 0.15) is 44.6 Å². The number of nitrogens with two attached hydrogens (primary N) is 1. The highest BCUT2D eigenvalue weighted by molar-refractivity contribution is 5.95. The lowest BCUT2D eigenvalue weighted by atomic mass is 9.94. The molecule has 98 valence electrons. The van der Waals surface area contributed by atoms with Crippen LogP contribution in [0.3, 0.4) is 0 Å². The van der Waals surface area contributed by atoms with Crippen LogP contribution in [0.25, 0.3) is 0 Å². The Morgan fingerprint density at radius 3 is 2.78 bits per heavy atom. The summed E-state index contributed by atoms with van der Waals surface area (Å²) in [6.45, 7) is 3.12. The van der Waals surface area contributed by atoms with Gasteiger partial charge in [-0.1, -0.05) is 19.3 Å². The van der Waals surface area contributed by atoms with Gasteiger partial charge in [0.05, 0.1) is 0 Å². The fourth-order valence-electron chi connectivity index (χ4n) is 2.74. The van der Waals surface area contributed by atoms with Gasteiger partial charge in [-0.2, -0.15) is 0 Å². The van der Waals surface area contributed by atoms with E-state index >= 15 is 0 Å². The quantitative estimate of drug-likeness (QED) is 0.633. The normalized spacial score (nSPS) is 16.5. The molecule has 0 unspecified atom stereocenters. The first-order chi connectivity index (χ1) is 8.72. The molecule has 1 saturated carbocycles. The first-order valence-electron chi connectivity index (χ1n) is 6.79. The summed E-state index contributed by atoms with van der Waals surface area (Å²) in [5.74, 6) is 1.07. The van der Waals surface area contributed by atoms with Gasteiger partial charge >= 0.3 is 0 Å². The van der Waals surface area contributed by atoms with E-state index in [-0.39, 0.29) is 5.84 Å². The summed E-state index contributed by atoms with van der Waals surface area (Å²) in [6.07, 6.45) is 8.23. The number of aromatic nitrogens is 1. The zero-order valence-corrected chi connectivity index (χ0v) is 11.0. The van der Waals surface area contributed by atoms with Crippen molar-refractivity contribution in [1.82, 2.24) is 4.98 Å². The van der Waals surface area contributed by atoms with Crippen LogP contribution in [0.15, 0.2) is 18.3 Å². The van der Waals surface area contributed by atoms with Gasteiger partial charge in [-0.15, -0.1) is 0 Å². The second-order valence-corrected chi connectivity index (χ2v) is 4.89. The SMILES string of the molecule is CCN(c1cc(C(=N)N)ccn1)C1CCCCC1. The van der Waals surface area contributed by atoms with E-state index in [1.165, 1.54) is 32.1 Å². The molecule has 18 heavy (non-hydrogen) atoms. The fraction of sp³-hybridized carbons (Fsp3) is 0.571. The van der Waals surface area contributed by atoms with Gasteiger partial charge in [0.15, 0.2) is 0 Å². The van der Waals surface area contributed by atoms with E-state index in [9.17, 15) is 0 Å². The molecule has 1 aliphatic rings. The van der Waals surface area contributed by atoms with E-state index in [2.05, 4.69) is 16.8 Å². The number of pyridine rings is 1. The van der Waals surface area contributed by atoms with Crippen LogP contribution in [0, 0.1) is 5.41 Å². The van der Waals surface area contributed by atoms with Crippen molar-refractivity contribution in [3.05, 3.63) is 23.9 Å². The zero-order chi connectivity index (χ0) is 13.0. The molecule has 0 atom stereocenters. The molecule has 1 aliphatic carbocycles. The second kappa shape index (κ2) is 5.85. The lowest BCUT2D eigenvalue weighted by Gasteiger charge is -2.34. The van der Waals surface area contributed by atoms with Crippen molar-refractivity contribution in [2.45, 2.75) is 45.1 Å². The molecule has 1 heterocycles. The number of anilines is 1. The maximum absolute atomic E-state index is 7.51. The van der Waals surface area contributed by atoms with Crippen LogP contribution < -0.4 is 10.6 Å². The Labute approximate surface area is 109 Å². The van der Waals surface area contributed by atoms with Crippen LogP contribution in [0.2, 0.25) is 0 Å². The van der Waals surface area contributed by atoms with Crippen molar-refractivity contribution in [1.29, 1.82) is 5.41 Å². The molecule has 2 rings (SSSR count). The molecule has 0 bridgehead atoms. The Hall–Kier alpha value is -1.58. The predicted octanol–water partition coefficient (Wildman–Crippen LogP) is 2.52. The Balaban J connectivity index is 2.20. The smallest absolute Gasteiger partial charge is 0.129 e. The number of rotatable bonds is 4. The summed E-state index contributed by atoms with van der Waals surface area (Å²) in [5.41, 5.74) is 6.30. The molecule has 1 aromatic heterocycles. The number of nitrogens with one attached hydrogen (secondary N) is 1. The van der Waals surface area contributed by atoms with Gasteiger partial charge in [0.1, 0.15) is 11.7 Å². The van der Waals surface area contributed by atoms with Gasteiger partial charge in [-0.25, -0.2) is 4.98 Å². The van der Waals surface area contributed by atoms with Gasteiger partial charge in [0.25, 0.3) is 0 Å². The van der Waals surface area contributed by atoms with E-state index in [0.29, 0.717) is 6.04 Å². The molecular formula is C14H22N4. The number of amidine groups is 1. The summed E-state index contributed by atoms with van der Waals surface area (Å²) in [6, 6.07) is 4.32. The van der Waals surface area contributed by atoms with Gasteiger partial charge in [0.2, 0.25) is 0 Å². The molecule has 0 amide bonds. The third-order valence-electron chi connectivity index (χ3n) is 3.71. The summed E-state index contributed by atoms with van der Waals surface area (Å²) < 4.78 is 0. The van der Waals surface area contributed by atoms with Crippen molar-refractivity contribution >= 4 is 11.7 Å². The molecule has 4 heteroatoms. The molecule has 1 aromatic rings. The Kier molecular flexibility index (Phi) is 4.18. The minimum absolute atomic E-state index is 0.110. The number of nitrogen functional groups attached to an aromatic ring is 1. The topological polar surface area (TPSA) is 66.0 Å². The minimum atomic E-state index is 0.110.